The van der Waals surface area contributed by atoms with Crippen LogP contribution >= 0.6 is 0 Å². The summed E-state index contributed by atoms with van der Waals surface area (Å²) in [7, 11) is 0. The Balaban J connectivity index is 1.37. The van der Waals surface area contributed by atoms with Gasteiger partial charge < -0.3 is 10.2 Å². The molecule has 1 saturated heterocycles. The predicted molar refractivity (Wildman–Crippen MR) is 96.5 cm³/mol. The number of aromatic amines is 1. The standard InChI is InChI=1S/C18H26N6O2/c1-13-3-9-24(22-13)10-6-19-17(25)11-15-4-7-23(8-5-15)18(26)16-12-20-21-14(16)2/h3,9,12,15H,4-8,10-11H2,1-2H3,(H,19,25)(H,20,21). The molecule has 0 saturated carbocycles. The van der Waals surface area contributed by atoms with Crippen molar-refractivity contribution in [2.24, 2.45) is 5.92 Å². The minimum Gasteiger partial charge on any atom is -0.354 e. The van der Waals surface area contributed by atoms with E-state index in [2.05, 4.69) is 20.6 Å². The summed E-state index contributed by atoms with van der Waals surface area (Å²) < 4.78 is 1.83. The van der Waals surface area contributed by atoms with Gasteiger partial charge in [0.2, 0.25) is 5.91 Å². The van der Waals surface area contributed by atoms with Gasteiger partial charge in [-0.15, -0.1) is 0 Å². The number of hydrogen-bond acceptors (Lipinski definition) is 4. The second-order valence-electron chi connectivity index (χ2n) is 6.92. The van der Waals surface area contributed by atoms with Gasteiger partial charge in [-0.1, -0.05) is 0 Å². The summed E-state index contributed by atoms with van der Waals surface area (Å²) in [6.07, 6.45) is 5.72. The van der Waals surface area contributed by atoms with E-state index in [4.69, 9.17) is 0 Å². The SMILES string of the molecule is Cc1ccn(CCNC(=O)CC2CCN(C(=O)c3cn[nH]c3C)CC2)n1. The van der Waals surface area contributed by atoms with Crippen LogP contribution in [0, 0.1) is 19.8 Å². The number of rotatable bonds is 6. The molecule has 0 aromatic carbocycles. The first kappa shape index (κ1) is 18.2. The van der Waals surface area contributed by atoms with Gasteiger partial charge in [0.15, 0.2) is 0 Å². The van der Waals surface area contributed by atoms with Gasteiger partial charge in [-0.3, -0.25) is 19.4 Å². The van der Waals surface area contributed by atoms with E-state index in [1.807, 2.05) is 35.7 Å². The molecular formula is C18H26N6O2. The van der Waals surface area contributed by atoms with Crippen molar-refractivity contribution in [3.05, 3.63) is 35.4 Å². The van der Waals surface area contributed by atoms with Crippen LogP contribution in [0.25, 0.3) is 0 Å². The Kier molecular flexibility index (Phi) is 5.70. The number of carbonyl (C=O) groups is 2. The third kappa shape index (κ3) is 4.50. The molecule has 3 heterocycles. The number of carbonyl (C=O) groups excluding carboxylic acids is 2. The van der Waals surface area contributed by atoms with Gasteiger partial charge in [-0.2, -0.15) is 10.2 Å². The average molecular weight is 358 g/mol. The van der Waals surface area contributed by atoms with E-state index < -0.39 is 0 Å². The first-order chi connectivity index (χ1) is 12.5. The van der Waals surface area contributed by atoms with Crippen LogP contribution < -0.4 is 5.32 Å². The summed E-state index contributed by atoms with van der Waals surface area (Å²) in [5, 5.41) is 14.0. The van der Waals surface area contributed by atoms with Crippen LogP contribution in [0.2, 0.25) is 0 Å². The third-order valence-electron chi connectivity index (χ3n) is 4.87. The fourth-order valence-corrected chi connectivity index (χ4v) is 3.31. The van der Waals surface area contributed by atoms with Crippen molar-refractivity contribution in [2.75, 3.05) is 19.6 Å². The van der Waals surface area contributed by atoms with Gasteiger partial charge in [0, 0.05) is 37.9 Å². The van der Waals surface area contributed by atoms with Crippen LogP contribution in [0.3, 0.4) is 0 Å². The van der Waals surface area contributed by atoms with Crippen molar-refractivity contribution in [2.45, 2.75) is 39.7 Å². The molecule has 2 N–H and O–H groups in total. The Morgan fingerprint density at radius 3 is 2.69 bits per heavy atom. The summed E-state index contributed by atoms with van der Waals surface area (Å²) in [5.74, 6) is 0.425. The van der Waals surface area contributed by atoms with E-state index >= 15 is 0 Å². The predicted octanol–water partition coefficient (Wildman–Crippen LogP) is 1.28. The molecule has 8 nitrogen and oxygen atoms in total. The van der Waals surface area contributed by atoms with Crippen LogP contribution in [0.4, 0.5) is 0 Å². The van der Waals surface area contributed by atoms with E-state index in [1.54, 1.807) is 6.20 Å². The van der Waals surface area contributed by atoms with Crippen molar-refractivity contribution in [3.8, 4) is 0 Å². The average Bonchev–Trinajstić information content (AvgIpc) is 3.23. The Hall–Kier alpha value is -2.64. The zero-order valence-corrected chi connectivity index (χ0v) is 15.4. The zero-order chi connectivity index (χ0) is 18.5. The maximum atomic E-state index is 12.5. The molecule has 1 aliphatic rings. The van der Waals surface area contributed by atoms with Crippen molar-refractivity contribution in [1.29, 1.82) is 0 Å². The molecule has 2 amide bonds. The first-order valence-corrected chi connectivity index (χ1v) is 9.09. The van der Waals surface area contributed by atoms with Gasteiger partial charge in [0.1, 0.15) is 0 Å². The van der Waals surface area contributed by atoms with Crippen molar-refractivity contribution >= 4 is 11.8 Å². The van der Waals surface area contributed by atoms with Gasteiger partial charge in [-0.25, -0.2) is 0 Å². The largest absolute Gasteiger partial charge is 0.354 e. The van der Waals surface area contributed by atoms with E-state index in [1.165, 1.54) is 0 Å². The van der Waals surface area contributed by atoms with Crippen LogP contribution in [0.5, 0.6) is 0 Å². The summed E-state index contributed by atoms with van der Waals surface area (Å²) in [6, 6.07) is 1.95. The molecule has 0 aliphatic carbocycles. The molecule has 3 rings (SSSR count). The Bertz CT molecular complexity index is 757. The van der Waals surface area contributed by atoms with Crippen molar-refractivity contribution in [3.63, 3.8) is 0 Å². The molecule has 2 aromatic heterocycles. The summed E-state index contributed by atoms with van der Waals surface area (Å²) in [6.45, 7) is 6.43. The number of nitrogens with zero attached hydrogens (tertiary/aromatic N) is 4. The van der Waals surface area contributed by atoms with Crippen molar-refractivity contribution in [1.82, 2.24) is 30.2 Å². The number of likely N-dealkylation sites (tertiary alicyclic amines) is 1. The third-order valence-corrected chi connectivity index (χ3v) is 4.87. The van der Waals surface area contributed by atoms with Gasteiger partial charge in [0.05, 0.1) is 24.0 Å². The quantitative estimate of drug-likeness (QED) is 0.813. The lowest BCUT2D eigenvalue weighted by Crippen LogP contribution is -2.40. The molecule has 8 heteroatoms. The molecule has 1 fully saturated rings. The second kappa shape index (κ2) is 8.16. The van der Waals surface area contributed by atoms with Crippen LogP contribution in [-0.2, 0) is 11.3 Å². The topological polar surface area (TPSA) is 95.9 Å². The lowest BCUT2D eigenvalue weighted by molar-refractivity contribution is -0.122. The molecule has 26 heavy (non-hydrogen) atoms. The summed E-state index contributed by atoms with van der Waals surface area (Å²) >= 11 is 0. The maximum Gasteiger partial charge on any atom is 0.257 e. The van der Waals surface area contributed by atoms with E-state index in [0.29, 0.717) is 44.1 Å². The highest BCUT2D eigenvalue weighted by molar-refractivity contribution is 5.95. The molecule has 1 aliphatic heterocycles. The van der Waals surface area contributed by atoms with Gasteiger partial charge >= 0.3 is 0 Å². The van der Waals surface area contributed by atoms with E-state index in [-0.39, 0.29) is 11.8 Å². The summed E-state index contributed by atoms with van der Waals surface area (Å²) in [4.78, 5) is 26.4. The van der Waals surface area contributed by atoms with Gasteiger partial charge in [-0.05, 0) is 38.7 Å². The monoisotopic (exact) mass is 358 g/mol. The minimum atomic E-state index is 0.0219. The Labute approximate surface area is 152 Å². The Morgan fingerprint density at radius 1 is 1.31 bits per heavy atom. The fraction of sp³-hybridized carbons (Fsp3) is 0.556. The normalized spacial score (nSPS) is 15.2. The fourth-order valence-electron chi connectivity index (χ4n) is 3.31. The van der Waals surface area contributed by atoms with Crippen LogP contribution in [-0.4, -0.2) is 56.3 Å². The molecule has 0 bridgehead atoms. The second-order valence-corrected chi connectivity index (χ2v) is 6.92. The Morgan fingerprint density at radius 2 is 2.08 bits per heavy atom. The molecule has 0 spiro atoms. The highest BCUT2D eigenvalue weighted by Crippen LogP contribution is 2.22. The number of nitrogens with one attached hydrogen (secondary N) is 2. The number of piperidine rings is 1. The number of H-pyrrole nitrogens is 1. The highest BCUT2D eigenvalue weighted by atomic mass is 16.2. The molecular weight excluding hydrogens is 332 g/mol. The molecule has 0 atom stereocenters. The highest BCUT2D eigenvalue weighted by Gasteiger charge is 2.26. The van der Waals surface area contributed by atoms with Gasteiger partial charge in [0.25, 0.3) is 5.91 Å². The molecule has 2 aromatic rings. The van der Waals surface area contributed by atoms with E-state index in [9.17, 15) is 9.59 Å². The maximum absolute atomic E-state index is 12.5. The summed E-state index contributed by atoms with van der Waals surface area (Å²) in [5.41, 5.74) is 2.40. The lowest BCUT2D eigenvalue weighted by Gasteiger charge is -2.31. The number of aromatic nitrogens is 4. The number of hydrogen-bond donors (Lipinski definition) is 2. The number of amides is 2. The van der Waals surface area contributed by atoms with Crippen LogP contribution in [0.1, 0.15) is 41.0 Å². The molecule has 0 radical (unpaired) electrons. The van der Waals surface area contributed by atoms with E-state index in [0.717, 1.165) is 24.2 Å². The zero-order valence-electron chi connectivity index (χ0n) is 15.4. The van der Waals surface area contributed by atoms with Crippen molar-refractivity contribution < 1.29 is 9.59 Å². The first-order valence-electron chi connectivity index (χ1n) is 9.09. The number of aryl methyl sites for hydroxylation is 2. The van der Waals surface area contributed by atoms with Crippen LogP contribution in [0.15, 0.2) is 18.5 Å². The molecule has 0 unspecified atom stereocenters. The molecule has 140 valence electrons. The lowest BCUT2D eigenvalue weighted by atomic mass is 9.93. The smallest absolute Gasteiger partial charge is 0.257 e. The minimum absolute atomic E-state index is 0.0219.